The molecular weight excluding hydrogens is 332 g/mol. The number of likely N-dealkylation sites (tertiary alicyclic amines) is 1. The Morgan fingerprint density at radius 1 is 1.15 bits per heavy atom. The molecule has 6 heteroatoms. The second-order valence-electron chi connectivity index (χ2n) is 6.77. The lowest BCUT2D eigenvalue weighted by Gasteiger charge is -2.27. The van der Waals surface area contributed by atoms with Crippen molar-refractivity contribution in [2.75, 3.05) is 13.2 Å². The lowest BCUT2D eigenvalue weighted by atomic mass is 9.98. The van der Waals surface area contributed by atoms with E-state index in [1.807, 2.05) is 36.4 Å². The normalized spacial score (nSPS) is 22.2. The standard InChI is InChI=1S/C20H24N2O4/c23-13-18(24)17-10-5-11-22(17)20(26)16-9-4-8-15(16)19(25)21-12-14-6-2-1-3-7-14/h1-3,6-8,16-17,23H,4-5,9-13H2,(H,21,25)/t16-,17-/m0/s1. The monoisotopic (exact) mass is 356 g/mol. The number of ketones is 1. The summed E-state index contributed by atoms with van der Waals surface area (Å²) in [5.74, 6) is -1.23. The van der Waals surface area contributed by atoms with Crippen LogP contribution in [0.5, 0.6) is 0 Å². The molecule has 0 aromatic heterocycles. The van der Waals surface area contributed by atoms with Gasteiger partial charge < -0.3 is 15.3 Å². The molecule has 0 radical (unpaired) electrons. The number of nitrogens with one attached hydrogen (secondary N) is 1. The predicted molar refractivity (Wildman–Crippen MR) is 95.9 cm³/mol. The number of amides is 2. The van der Waals surface area contributed by atoms with Gasteiger partial charge in [0.1, 0.15) is 6.61 Å². The average Bonchev–Trinajstić information content (AvgIpc) is 3.35. The molecule has 2 aliphatic rings. The van der Waals surface area contributed by atoms with E-state index in [-0.39, 0.29) is 17.6 Å². The van der Waals surface area contributed by atoms with Crippen molar-refractivity contribution in [1.82, 2.24) is 10.2 Å². The van der Waals surface area contributed by atoms with Crippen molar-refractivity contribution in [1.29, 1.82) is 0 Å². The lowest BCUT2D eigenvalue weighted by molar-refractivity contribution is -0.141. The van der Waals surface area contributed by atoms with Crippen LogP contribution in [-0.2, 0) is 20.9 Å². The first-order chi connectivity index (χ1) is 12.6. The summed E-state index contributed by atoms with van der Waals surface area (Å²) in [6.45, 7) is 0.358. The van der Waals surface area contributed by atoms with Crippen LogP contribution >= 0.6 is 0 Å². The van der Waals surface area contributed by atoms with Crippen LogP contribution in [0.1, 0.15) is 31.2 Å². The fraction of sp³-hybridized carbons (Fsp3) is 0.450. The van der Waals surface area contributed by atoms with Gasteiger partial charge >= 0.3 is 0 Å². The predicted octanol–water partition coefficient (Wildman–Crippen LogP) is 1.19. The highest BCUT2D eigenvalue weighted by atomic mass is 16.3. The molecule has 1 saturated heterocycles. The summed E-state index contributed by atoms with van der Waals surface area (Å²) in [6.07, 6.45) is 4.41. The van der Waals surface area contributed by atoms with E-state index >= 15 is 0 Å². The molecule has 2 amide bonds. The maximum Gasteiger partial charge on any atom is 0.247 e. The minimum absolute atomic E-state index is 0.173. The van der Waals surface area contributed by atoms with Gasteiger partial charge in [-0.1, -0.05) is 36.4 Å². The van der Waals surface area contributed by atoms with Crippen molar-refractivity contribution in [3.63, 3.8) is 0 Å². The number of aliphatic hydroxyl groups is 1. The Morgan fingerprint density at radius 2 is 1.92 bits per heavy atom. The van der Waals surface area contributed by atoms with Crippen molar-refractivity contribution in [3.8, 4) is 0 Å². The summed E-state index contributed by atoms with van der Waals surface area (Å²) in [4.78, 5) is 38.9. The first-order valence-electron chi connectivity index (χ1n) is 9.08. The lowest BCUT2D eigenvalue weighted by Crippen LogP contribution is -2.45. The molecule has 3 rings (SSSR count). The third-order valence-corrected chi connectivity index (χ3v) is 5.11. The molecule has 138 valence electrons. The number of hydrogen-bond donors (Lipinski definition) is 2. The van der Waals surface area contributed by atoms with Gasteiger partial charge in [0.15, 0.2) is 5.78 Å². The van der Waals surface area contributed by atoms with Gasteiger partial charge in [-0.2, -0.15) is 0 Å². The van der Waals surface area contributed by atoms with Crippen LogP contribution in [-0.4, -0.2) is 46.8 Å². The molecule has 2 atom stereocenters. The molecular formula is C20H24N2O4. The van der Waals surface area contributed by atoms with Gasteiger partial charge in [0.2, 0.25) is 11.8 Å². The van der Waals surface area contributed by atoms with Gasteiger partial charge in [-0.15, -0.1) is 0 Å². The summed E-state index contributed by atoms with van der Waals surface area (Å²) < 4.78 is 0. The highest BCUT2D eigenvalue weighted by molar-refractivity contribution is 6.02. The molecule has 26 heavy (non-hydrogen) atoms. The molecule has 1 heterocycles. The molecule has 0 saturated carbocycles. The number of allylic oxidation sites excluding steroid dienone is 1. The van der Waals surface area contributed by atoms with Gasteiger partial charge in [0.05, 0.1) is 12.0 Å². The minimum Gasteiger partial charge on any atom is -0.389 e. The molecule has 1 aliphatic heterocycles. The van der Waals surface area contributed by atoms with Crippen molar-refractivity contribution >= 4 is 17.6 Å². The second-order valence-corrected chi connectivity index (χ2v) is 6.77. The van der Waals surface area contributed by atoms with Crippen LogP contribution in [0.4, 0.5) is 0 Å². The Kier molecular flexibility index (Phi) is 5.83. The van der Waals surface area contributed by atoms with E-state index in [0.29, 0.717) is 37.9 Å². The third kappa shape index (κ3) is 3.85. The molecule has 1 fully saturated rings. The van der Waals surface area contributed by atoms with E-state index in [2.05, 4.69) is 5.32 Å². The number of benzene rings is 1. The summed E-state index contributed by atoms with van der Waals surface area (Å²) in [6, 6.07) is 9.05. The van der Waals surface area contributed by atoms with Gasteiger partial charge in [0.25, 0.3) is 0 Å². The number of nitrogens with zero attached hydrogens (tertiary/aromatic N) is 1. The van der Waals surface area contributed by atoms with Crippen LogP contribution in [0.2, 0.25) is 0 Å². The molecule has 6 nitrogen and oxygen atoms in total. The maximum absolute atomic E-state index is 12.9. The van der Waals surface area contributed by atoms with Gasteiger partial charge in [0, 0.05) is 18.7 Å². The summed E-state index contributed by atoms with van der Waals surface area (Å²) >= 11 is 0. The minimum atomic E-state index is -0.556. The van der Waals surface area contributed by atoms with Gasteiger partial charge in [-0.05, 0) is 31.2 Å². The first kappa shape index (κ1) is 18.3. The molecule has 1 aromatic rings. The van der Waals surface area contributed by atoms with Gasteiger partial charge in [-0.3, -0.25) is 14.4 Å². The molecule has 0 spiro atoms. The van der Waals surface area contributed by atoms with Gasteiger partial charge in [-0.25, -0.2) is 0 Å². The summed E-state index contributed by atoms with van der Waals surface area (Å²) in [5, 5.41) is 12.0. The van der Waals surface area contributed by atoms with E-state index < -0.39 is 18.6 Å². The van der Waals surface area contributed by atoms with Crippen molar-refractivity contribution in [2.24, 2.45) is 5.92 Å². The van der Waals surface area contributed by atoms with Crippen molar-refractivity contribution in [3.05, 3.63) is 47.5 Å². The van der Waals surface area contributed by atoms with E-state index in [1.165, 1.54) is 0 Å². The van der Waals surface area contributed by atoms with E-state index in [0.717, 1.165) is 12.0 Å². The van der Waals surface area contributed by atoms with Crippen LogP contribution in [0.3, 0.4) is 0 Å². The van der Waals surface area contributed by atoms with E-state index in [1.54, 1.807) is 4.90 Å². The Balaban J connectivity index is 1.64. The van der Waals surface area contributed by atoms with E-state index in [4.69, 9.17) is 5.11 Å². The number of Topliss-reactive ketones (excluding diaryl/α,β-unsaturated/α-hetero) is 1. The summed E-state index contributed by atoms with van der Waals surface area (Å²) in [5.41, 5.74) is 1.49. The fourth-order valence-corrected chi connectivity index (χ4v) is 3.76. The topological polar surface area (TPSA) is 86.7 Å². The molecule has 0 bridgehead atoms. The number of rotatable bonds is 6. The number of carbonyl (C=O) groups excluding carboxylic acids is 3. The fourth-order valence-electron chi connectivity index (χ4n) is 3.76. The maximum atomic E-state index is 12.9. The van der Waals surface area contributed by atoms with E-state index in [9.17, 15) is 14.4 Å². The zero-order valence-corrected chi connectivity index (χ0v) is 14.7. The van der Waals surface area contributed by atoms with Crippen molar-refractivity contribution < 1.29 is 19.5 Å². The quantitative estimate of drug-likeness (QED) is 0.802. The molecule has 1 aromatic carbocycles. The third-order valence-electron chi connectivity index (χ3n) is 5.11. The van der Waals surface area contributed by atoms with Crippen LogP contribution < -0.4 is 5.32 Å². The van der Waals surface area contributed by atoms with Crippen LogP contribution in [0, 0.1) is 5.92 Å². The highest BCUT2D eigenvalue weighted by Crippen LogP contribution is 2.31. The second kappa shape index (κ2) is 8.27. The number of carbonyl (C=O) groups is 3. The first-order valence-corrected chi connectivity index (χ1v) is 9.08. The number of hydrogen-bond acceptors (Lipinski definition) is 4. The Labute approximate surface area is 152 Å². The van der Waals surface area contributed by atoms with Crippen LogP contribution in [0.25, 0.3) is 0 Å². The van der Waals surface area contributed by atoms with Crippen LogP contribution in [0.15, 0.2) is 42.0 Å². The van der Waals surface area contributed by atoms with Crippen molar-refractivity contribution in [2.45, 2.75) is 38.3 Å². The molecule has 1 aliphatic carbocycles. The Bertz CT molecular complexity index is 714. The Morgan fingerprint density at radius 3 is 2.65 bits per heavy atom. The zero-order chi connectivity index (χ0) is 18.5. The highest BCUT2D eigenvalue weighted by Gasteiger charge is 2.40. The average molecular weight is 356 g/mol. The molecule has 0 unspecified atom stereocenters. The zero-order valence-electron chi connectivity index (χ0n) is 14.7. The number of aliphatic hydroxyl groups excluding tert-OH is 1. The Hall–Kier alpha value is -2.47. The summed E-state index contributed by atoms with van der Waals surface area (Å²) in [7, 11) is 0. The SMILES string of the molecule is O=C(NCc1ccccc1)C1=CCC[C@@H]1C(=O)N1CCC[C@H]1C(=O)CO. The largest absolute Gasteiger partial charge is 0.389 e. The smallest absolute Gasteiger partial charge is 0.247 e. The molecule has 2 N–H and O–H groups in total.